The van der Waals surface area contributed by atoms with Crippen LogP contribution in [0.2, 0.25) is 0 Å². The van der Waals surface area contributed by atoms with E-state index in [1.807, 2.05) is 24.3 Å². The third-order valence-corrected chi connectivity index (χ3v) is 6.52. The molecule has 2 aliphatic rings. The van der Waals surface area contributed by atoms with Gasteiger partial charge in [-0.1, -0.05) is 30.3 Å². The predicted octanol–water partition coefficient (Wildman–Crippen LogP) is 4.19. The zero-order valence-electron chi connectivity index (χ0n) is 19.4. The van der Waals surface area contributed by atoms with Gasteiger partial charge in [-0.15, -0.1) is 0 Å². The molecular formula is C26H28FN3O5. The van der Waals surface area contributed by atoms with Gasteiger partial charge in [0.25, 0.3) is 0 Å². The zero-order valence-corrected chi connectivity index (χ0v) is 19.4. The molecule has 3 atom stereocenters. The first-order valence-corrected chi connectivity index (χ1v) is 11.7. The molecule has 1 aliphatic heterocycles. The average Bonchev–Trinajstić information content (AvgIpc) is 3.50. The molecule has 9 heteroatoms. The molecule has 1 amide bonds. The van der Waals surface area contributed by atoms with E-state index < -0.39 is 11.9 Å². The highest BCUT2D eigenvalue weighted by atomic mass is 19.1. The number of hydrogen-bond acceptors (Lipinski definition) is 6. The molecule has 184 valence electrons. The molecule has 1 fully saturated rings. The maximum absolute atomic E-state index is 14.9. The minimum Gasteiger partial charge on any atom is -0.473 e. The lowest BCUT2D eigenvalue weighted by Gasteiger charge is -2.22. The Kier molecular flexibility index (Phi) is 6.70. The molecule has 0 spiro atoms. The van der Waals surface area contributed by atoms with Crippen LogP contribution in [0, 0.1) is 5.82 Å². The quantitative estimate of drug-likeness (QED) is 0.488. The summed E-state index contributed by atoms with van der Waals surface area (Å²) in [6.07, 6.45) is 4.35. The molecule has 0 bridgehead atoms. The van der Waals surface area contributed by atoms with Crippen molar-refractivity contribution in [3.63, 3.8) is 0 Å². The number of pyridine rings is 1. The number of rotatable bonds is 6. The topological polar surface area (TPSA) is 106 Å². The van der Waals surface area contributed by atoms with Crippen molar-refractivity contribution < 1.29 is 28.5 Å². The van der Waals surface area contributed by atoms with Crippen LogP contribution in [-0.4, -0.2) is 59.7 Å². The maximum atomic E-state index is 14.9. The van der Waals surface area contributed by atoms with E-state index in [0.29, 0.717) is 35.5 Å². The number of nitrogens with zero attached hydrogens (tertiary/aromatic N) is 1. The summed E-state index contributed by atoms with van der Waals surface area (Å²) in [6, 6.07) is 11.0. The molecular weight excluding hydrogens is 453 g/mol. The molecule has 2 aromatic heterocycles. The lowest BCUT2D eigenvalue weighted by molar-refractivity contribution is 0.0531. The van der Waals surface area contributed by atoms with Crippen LogP contribution in [-0.2, 0) is 9.47 Å². The standard InChI is InChI=1S/C26H28FN3O5/c1-33-26(32)28-18-8-6-16(7-9-18)15-2-4-17(5-3-15)25-21(27)11-22-23(30-25)12-24(29-22)35-20-10-19(13-31)34-14-20/h2-6,11-12,18-20,29,31H,7-10,13-14H2,1H3,(H,28,32)/t18?,19-,20-/m0/s1. The Labute approximate surface area is 202 Å². The number of aliphatic hydroxyl groups excluding tert-OH is 1. The van der Waals surface area contributed by atoms with Gasteiger partial charge in [-0.2, -0.15) is 0 Å². The second-order valence-corrected chi connectivity index (χ2v) is 8.91. The molecule has 5 rings (SSSR count). The van der Waals surface area contributed by atoms with Crippen LogP contribution in [0.3, 0.4) is 0 Å². The van der Waals surface area contributed by atoms with Crippen molar-refractivity contribution in [3.05, 3.63) is 53.9 Å². The number of benzene rings is 1. The number of aromatic amines is 1. The zero-order chi connectivity index (χ0) is 24.4. The molecule has 3 heterocycles. The van der Waals surface area contributed by atoms with E-state index in [1.54, 1.807) is 6.07 Å². The Morgan fingerprint density at radius 1 is 1.29 bits per heavy atom. The van der Waals surface area contributed by atoms with Crippen LogP contribution in [0.15, 0.2) is 42.5 Å². The summed E-state index contributed by atoms with van der Waals surface area (Å²) in [7, 11) is 1.36. The minimum atomic E-state index is -0.420. The highest BCUT2D eigenvalue weighted by Crippen LogP contribution is 2.31. The van der Waals surface area contributed by atoms with Gasteiger partial charge in [-0.05, 0) is 30.4 Å². The first kappa shape index (κ1) is 23.3. The van der Waals surface area contributed by atoms with E-state index >= 15 is 0 Å². The molecule has 8 nitrogen and oxygen atoms in total. The number of nitrogens with one attached hydrogen (secondary N) is 2. The van der Waals surface area contributed by atoms with E-state index in [0.717, 1.165) is 24.8 Å². The Morgan fingerprint density at radius 2 is 2.09 bits per heavy atom. The number of H-pyrrole nitrogens is 1. The number of carbonyl (C=O) groups excluding carboxylic acids is 1. The summed E-state index contributed by atoms with van der Waals surface area (Å²) in [5.41, 5.74) is 4.40. The number of allylic oxidation sites excluding steroid dienone is 1. The Hall–Kier alpha value is -3.43. The molecule has 1 saturated heterocycles. The third-order valence-electron chi connectivity index (χ3n) is 6.52. The molecule has 0 radical (unpaired) electrons. The lowest BCUT2D eigenvalue weighted by Crippen LogP contribution is -2.35. The van der Waals surface area contributed by atoms with Gasteiger partial charge in [0.15, 0.2) is 11.7 Å². The summed E-state index contributed by atoms with van der Waals surface area (Å²) in [5.74, 6) is 0.0765. The molecule has 1 aromatic carbocycles. The van der Waals surface area contributed by atoms with Crippen molar-refractivity contribution in [1.82, 2.24) is 15.3 Å². The SMILES string of the molecule is COC(=O)NC1CC=C(c2ccc(-c3nc4cc(O[C@@H]5CO[C@H](CO)C5)[nH]c4cc3F)cc2)CC1. The smallest absolute Gasteiger partial charge is 0.407 e. The van der Waals surface area contributed by atoms with Gasteiger partial charge >= 0.3 is 6.09 Å². The number of aromatic nitrogens is 2. The van der Waals surface area contributed by atoms with E-state index in [9.17, 15) is 14.3 Å². The first-order valence-electron chi connectivity index (χ1n) is 11.7. The van der Waals surface area contributed by atoms with Crippen LogP contribution in [0.5, 0.6) is 5.88 Å². The minimum absolute atomic E-state index is 0.0358. The van der Waals surface area contributed by atoms with E-state index in [4.69, 9.17) is 9.47 Å². The fourth-order valence-electron chi connectivity index (χ4n) is 4.63. The number of fused-ring (bicyclic) bond motifs is 1. The summed E-state index contributed by atoms with van der Waals surface area (Å²) in [6.45, 7) is 0.366. The van der Waals surface area contributed by atoms with Crippen molar-refractivity contribution in [1.29, 1.82) is 0 Å². The number of aliphatic hydroxyl groups is 1. The van der Waals surface area contributed by atoms with Crippen molar-refractivity contribution in [3.8, 4) is 17.1 Å². The fraction of sp³-hybridized carbons (Fsp3) is 0.385. The Bertz CT molecular complexity index is 1240. The molecule has 1 unspecified atom stereocenters. The van der Waals surface area contributed by atoms with Crippen LogP contribution < -0.4 is 10.1 Å². The molecule has 1 aliphatic carbocycles. The van der Waals surface area contributed by atoms with Crippen molar-refractivity contribution in [2.45, 2.75) is 43.9 Å². The van der Waals surface area contributed by atoms with Crippen LogP contribution >= 0.6 is 0 Å². The molecule has 0 saturated carbocycles. The highest BCUT2D eigenvalue weighted by molar-refractivity contribution is 5.81. The number of halogens is 1. The summed E-state index contributed by atoms with van der Waals surface area (Å²) < 4.78 is 30.9. The van der Waals surface area contributed by atoms with Gasteiger partial charge < -0.3 is 29.6 Å². The second-order valence-electron chi connectivity index (χ2n) is 8.91. The summed E-state index contributed by atoms with van der Waals surface area (Å²) >= 11 is 0. The number of methoxy groups -OCH3 is 1. The third kappa shape index (κ3) is 5.16. The van der Waals surface area contributed by atoms with Gasteiger partial charge in [0, 0.05) is 30.2 Å². The van der Waals surface area contributed by atoms with Crippen molar-refractivity contribution >= 4 is 22.7 Å². The van der Waals surface area contributed by atoms with Gasteiger partial charge in [0.05, 0.1) is 37.5 Å². The average molecular weight is 482 g/mol. The number of amides is 1. The lowest BCUT2D eigenvalue weighted by atomic mass is 9.90. The second kappa shape index (κ2) is 10.1. The van der Waals surface area contributed by atoms with Crippen molar-refractivity contribution in [2.24, 2.45) is 0 Å². The summed E-state index contributed by atoms with van der Waals surface area (Å²) in [4.78, 5) is 19.0. The maximum Gasteiger partial charge on any atom is 0.407 e. The first-order chi connectivity index (χ1) is 17.0. The molecule has 3 N–H and O–H groups in total. The van der Waals surface area contributed by atoms with Crippen LogP contribution in [0.25, 0.3) is 27.9 Å². The highest BCUT2D eigenvalue weighted by Gasteiger charge is 2.27. The molecule has 35 heavy (non-hydrogen) atoms. The van der Waals surface area contributed by atoms with Crippen molar-refractivity contribution in [2.75, 3.05) is 20.3 Å². The van der Waals surface area contributed by atoms with E-state index in [2.05, 4.69) is 26.1 Å². The number of hydrogen-bond donors (Lipinski definition) is 3. The number of alkyl carbamates (subject to hydrolysis) is 1. The van der Waals surface area contributed by atoms with Gasteiger partial charge in [0.1, 0.15) is 11.8 Å². The molecule has 3 aromatic rings. The Morgan fingerprint density at radius 3 is 2.77 bits per heavy atom. The summed E-state index contributed by atoms with van der Waals surface area (Å²) in [5, 5.41) is 12.0. The Balaban J connectivity index is 1.29. The van der Waals surface area contributed by atoms with E-state index in [-0.39, 0.29) is 30.6 Å². The number of ether oxygens (including phenoxy) is 3. The normalized spacial score (nSPS) is 22.1. The van der Waals surface area contributed by atoms with Gasteiger partial charge in [0.2, 0.25) is 0 Å². The largest absolute Gasteiger partial charge is 0.473 e. The number of carbonyl (C=O) groups is 1. The monoisotopic (exact) mass is 481 g/mol. The van der Waals surface area contributed by atoms with Crippen LogP contribution in [0.4, 0.5) is 9.18 Å². The van der Waals surface area contributed by atoms with Crippen LogP contribution in [0.1, 0.15) is 31.2 Å². The van der Waals surface area contributed by atoms with Gasteiger partial charge in [-0.25, -0.2) is 14.2 Å². The fourth-order valence-corrected chi connectivity index (χ4v) is 4.63. The van der Waals surface area contributed by atoms with E-state index in [1.165, 1.54) is 18.7 Å². The van der Waals surface area contributed by atoms with Gasteiger partial charge in [-0.3, -0.25) is 0 Å². The predicted molar refractivity (Wildman–Crippen MR) is 129 cm³/mol.